The van der Waals surface area contributed by atoms with Crippen LogP contribution in [0.5, 0.6) is 0 Å². The first-order valence-corrected chi connectivity index (χ1v) is 3.65. The SMILES string of the molecule is NC(=S)NNCCOCCO. The molecule has 0 spiro atoms. The van der Waals surface area contributed by atoms with Crippen molar-refractivity contribution in [2.45, 2.75) is 0 Å². The Kier molecular flexibility index (Phi) is 7.37. The molecule has 66 valence electrons. The Labute approximate surface area is 70.9 Å². The smallest absolute Gasteiger partial charge is 0.178 e. The van der Waals surface area contributed by atoms with Crippen LogP contribution < -0.4 is 16.6 Å². The van der Waals surface area contributed by atoms with E-state index in [0.717, 1.165) is 0 Å². The summed E-state index contributed by atoms with van der Waals surface area (Å²) in [4.78, 5) is 0. The Morgan fingerprint density at radius 1 is 1.55 bits per heavy atom. The van der Waals surface area contributed by atoms with Gasteiger partial charge >= 0.3 is 0 Å². The fourth-order valence-corrected chi connectivity index (χ4v) is 0.512. The average molecular weight is 179 g/mol. The molecule has 6 heteroatoms. The molecular formula is C5H13N3O2S. The first-order chi connectivity index (χ1) is 5.27. The van der Waals surface area contributed by atoms with Crippen LogP contribution in [0.2, 0.25) is 0 Å². The van der Waals surface area contributed by atoms with E-state index >= 15 is 0 Å². The maximum atomic E-state index is 8.31. The van der Waals surface area contributed by atoms with Crippen molar-refractivity contribution in [1.82, 2.24) is 10.9 Å². The molecule has 0 aromatic rings. The van der Waals surface area contributed by atoms with Crippen LogP contribution in [-0.4, -0.2) is 36.6 Å². The Bertz CT molecular complexity index is 112. The van der Waals surface area contributed by atoms with E-state index < -0.39 is 0 Å². The molecule has 0 aromatic carbocycles. The lowest BCUT2D eigenvalue weighted by Crippen LogP contribution is -2.42. The molecule has 0 heterocycles. The first-order valence-electron chi connectivity index (χ1n) is 3.24. The quantitative estimate of drug-likeness (QED) is 0.222. The van der Waals surface area contributed by atoms with Gasteiger partial charge in [0.05, 0.1) is 19.8 Å². The van der Waals surface area contributed by atoms with Crippen LogP contribution in [0, 0.1) is 0 Å². The highest BCUT2D eigenvalue weighted by atomic mass is 32.1. The Morgan fingerprint density at radius 2 is 2.27 bits per heavy atom. The van der Waals surface area contributed by atoms with Gasteiger partial charge in [0.15, 0.2) is 5.11 Å². The molecule has 0 rings (SSSR count). The normalized spacial score (nSPS) is 9.55. The second-order valence-electron chi connectivity index (χ2n) is 1.75. The van der Waals surface area contributed by atoms with E-state index in [2.05, 4.69) is 23.1 Å². The first kappa shape index (κ1) is 10.6. The van der Waals surface area contributed by atoms with Crippen LogP contribution in [0.3, 0.4) is 0 Å². The van der Waals surface area contributed by atoms with Crippen molar-refractivity contribution in [2.24, 2.45) is 5.73 Å². The summed E-state index contributed by atoms with van der Waals surface area (Å²) in [5.74, 6) is 0. The van der Waals surface area contributed by atoms with E-state index in [4.69, 9.17) is 15.6 Å². The van der Waals surface area contributed by atoms with Gasteiger partial charge < -0.3 is 15.6 Å². The number of ether oxygens (including phenoxy) is 1. The minimum Gasteiger partial charge on any atom is -0.394 e. The lowest BCUT2D eigenvalue weighted by atomic mass is 10.7. The molecule has 0 saturated heterocycles. The van der Waals surface area contributed by atoms with Gasteiger partial charge in [0.25, 0.3) is 0 Å². The molecule has 0 unspecified atom stereocenters. The minimum atomic E-state index is 0.0444. The summed E-state index contributed by atoms with van der Waals surface area (Å²) in [5.41, 5.74) is 10.4. The Balaban J connectivity index is 2.85. The van der Waals surface area contributed by atoms with Crippen LogP contribution in [-0.2, 0) is 4.74 Å². The molecule has 0 radical (unpaired) electrons. The van der Waals surface area contributed by atoms with Gasteiger partial charge in [-0.05, 0) is 12.2 Å². The van der Waals surface area contributed by atoms with Crippen LogP contribution in [0.25, 0.3) is 0 Å². The molecule has 0 aliphatic rings. The zero-order valence-electron chi connectivity index (χ0n) is 6.17. The largest absolute Gasteiger partial charge is 0.394 e. The van der Waals surface area contributed by atoms with Crippen molar-refractivity contribution in [3.05, 3.63) is 0 Å². The molecule has 5 nitrogen and oxygen atoms in total. The van der Waals surface area contributed by atoms with Crippen molar-refractivity contribution in [3.63, 3.8) is 0 Å². The number of hydrogen-bond donors (Lipinski definition) is 4. The van der Waals surface area contributed by atoms with E-state index in [-0.39, 0.29) is 11.7 Å². The highest BCUT2D eigenvalue weighted by molar-refractivity contribution is 7.80. The number of thiocarbonyl (C=S) groups is 1. The average Bonchev–Trinajstić information content (AvgIpc) is 1.96. The molecule has 0 atom stereocenters. The predicted molar refractivity (Wildman–Crippen MR) is 45.8 cm³/mol. The van der Waals surface area contributed by atoms with E-state index in [1.54, 1.807) is 0 Å². The van der Waals surface area contributed by atoms with Gasteiger partial charge in [0, 0.05) is 6.54 Å². The second kappa shape index (κ2) is 7.67. The van der Waals surface area contributed by atoms with E-state index in [1.807, 2.05) is 0 Å². The third-order valence-electron chi connectivity index (χ3n) is 0.819. The van der Waals surface area contributed by atoms with Gasteiger partial charge in [-0.2, -0.15) is 0 Å². The molecule has 0 aliphatic heterocycles. The lowest BCUT2D eigenvalue weighted by Gasteiger charge is -2.05. The highest BCUT2D eigenvalue weighted by Gasteiger charge is 1.86. The number of aliphatic hydroxyl groups excluding tert-OH is 1. The lowest BCUT2D eigenvalue weighted by molar-refractivity contribution is 0.0932. The van der Waals surface area contributed by atoms with Crippen molar-refractivity contribution < 1.29 is 9.84 Å². The predicted octanol–water partition coefficient (Wildman–Crippen LogP) is -1.67. The van der Waals surface area contributed by atoms with Crippen molar-refractivity contribution >= 4 is 17.3 Å². The third-order valence-corrected chi connectivity index (χ3v) is 0.921. The summed E-state index contributed by atoms with van der Waals surface area (Å²) >= 11 is 4.52. The van der Waals surface area contributed by atoms with E-state index in [0.29, 0.717) is 19.8 Å². The summed E-state index contributed by atoms with van der Waals surface area (Å²) in [6.45, 7) is 1.50. The van der Waals surface area contributed by atoms with Crippen molar-refractivity contribution in [2.75, 3.05) is 26.4 Å². The van der Waals surface area contributed by atoms with E-state index in [9.17, 15) is 0 Å². The second-order valence-corrected chi connectivity index (χ2v) is 2.19. The zero-order valence-corrected chi connectivity index (χ0v) is 6.99. The van der Waals surface area contributed by atoms with Crippen molar-refractivity contribution in [3.8, 4) is 0 Å². The van der Waals surface area contributed by atoms with Gasteiger partial charge in [-0.25, -0.2) is 5.43 Å². The van der Waals surface area contributed by atoms with Crippen LogP contribution in [0.15, 0.2) is 0 Å². The summed E-state index contributed by atoms with van der Waals surface area (Å²) in [6, 6.07) is 0. The molecule has 5 N–H and O–H groups in total. The van der Waals surface area contributed by atoms with Crippen LogP contribution in [0.4, 0.5) is 0 Å². The fraction of sp³-hybridized carbons (Fsp3) is 0.800. The van der Waals surface area contributed by atoms with Crippen molar-refractivity contribution in [1.29, 1.82) is 0 Å². The Morgan fingerprint density at radius 3 is 2.82 bits per heavy atom. The maximum Gasteiger partial charge on any atom is 0.178 e. The third kappa shape index (κ3) is 9.57. The van der Waals surface area contributed by atoms with Gasteiger partial charge in [-0.15, -0.1) is 0 Å². The minimum absolute atomic E-state index is 0.0444. The fourth-order valence-electron chi connectivity index (χ4n) is 0.439. The standard InChI is InChI=1S/C5H13N3O2S/c6-5(11)8-7-1-3-10-4-2-9/h7,9H,1-4H2,(H3,6,8,11). The van der Waals surface area contributed by atoms with Crippen LogP contribution >= 0.6 is 12.2 Å². The summed E-state index contributed by atoms with van der Waals surface area (Å²) in [7, 11) is 0. The number of aliphatic hydroxyl groups is 1. The number of hydrazine groups is 1. The summed E-state index contributed by atoms with van der Waals surface area (Å²) < 4.78 is 4.93. The maximum absolute atomic E-state index is 8.31. The number of rotatable bonds is 6. The van der Waals surface area contributed by atoms with Gasteiger partial charge in [0.1, 0.15) is 0 Å². The summed E-state index contributed by atoms with van der Waals surface area (Å²) in [6.07, 6.45) is 0. The molecule has 0 amide bonds. The molecule has 11 heavy (non-hydrogen) atoms. The molecule has 0 aliphatic carbocycles. The molecule has 0 aromatic heterocycles. The number of hydrogen-bond acceptors (Lipinski definition) is 4. The zero-order chi connectivity index (χ0) is 8.53. The topological polar surface area (TPSA) is 79.5 Å². The highest BCUT2D eigenvalue weighted by Crippen LogP contribution is 1.69. The molecular weight excluding hydrogens is 166 g/mol. The van der Waals surface area contributed by atoms with Gasteiger partial charge in [-0.1, -0.05) is 0 Å². The van der Waals surface area contributed by atoms with Crippen LogP contribution in [0.1, 0.15) is 0 Å². The molecule has 0 saturated carbocycles. The summed E-state index contributed by atoms with van der Waals surface area (Å²) in [5, 5.41) is 8.51. The van der Waals surface area contributed by atoms with E-state index in [1.165, 1.54) is 0 Å². The van der Waals surface area contributed by atoms with Gasteiger partial charge in [0.2, 0.25) is 0 Å². The Hall–Kier alpha value is -0.430. The number of nitrogens with one attached hydrogen (secondary N) is 2. The monoisotopic (exact) mass is 179 g/mol. The number of nitrogens with two attached hydrogens (primary N) is 1. The van der Waals surface area contributed by atoms with Gasteiger partial charge in [-0.3, -0.25) is 5.43 Å². The molecule has 0 fully saturated rings. The molecule has 0 bridgehead atoms.